The van der Waals surface area contributed by atoms with Gasteiger partial charge in [-0.25, -0.2) is 4.79 Å². The highest BCUT2D eigenvalue weighted by Crippen LogP contribution is 2.42. The molecule has 1 aliphatic carbocycles. The monoisotopic (exact) mass is 522 g/mol. The van der Waals surface area contributed by atoms with Crippen LogP contribution in [-0.2, 0) is 6.54 Å². The van der Waals surface area contributed by atoms with E-state index < -0.39 is 0 Å². The third kappa shape index (κ3) is 4.49. The number of rotatable bonds is 6. The fourth-order valence-electron chi connectivity index (χ4n) is 4.91. The quantitative estimate of drug-likeness (QED) is 0.395. The van der Waals surface area contributed by atoms with Gasteiger partial charge in [0, 0.05) is 52.1 Å². The van der Waals surface area contributed by atoms with Crippen molar-refractivity contribution in [1.29, 1.82) is 0 Å². The van der Waals surface area contributed by atoms with Gasteiger partial charge in [0.1, 0.15) is 11.9 Å². The van der Waals surface area contributed by atoms with Crippen molar-refractivity contribution in [2.75, 3.05) is 13.1 Å². The van der Waals surface area contributed by atoms with Crippen molar-refractivity contribution in [3.63, 3.8) is 0 Å². The van der Waals surface area contributed by atoms with E-state index >= 15 is 0 Å². The lowest BCUT2D eigenvalue weighted by Crippen LogP contribution is -2.38. The van der Waals surface area contributed by atoms with Crippen LogP contribution in [0.25, 0.3) is 21.3 Å². The van der Waals surface area contributed by atoms with E-state index in [1.165, 1.54) is 10.6 Å². The molecule has 0 amide bonds. The molecular weight excluding hydrogens is 496 g/mol. The number of fused-ring (bicyclic) bond motifs is 1. The van der Waals surface area contributed by atoms with E-state index in [0.29, 0.717) is 5.02 Å². The van der Waals surface area contributed by atoms with Crippen LogP contribution in [0.4, 0.5) is 0 Å². The molecule has 4 heterocycles. The third-order valence-electron chi connectivity index (χ3n) is 6.88. The van der Waals surface area contributed by atoms with Gasteiger partial charge in [-0.2, -0.15) is 0 Å². The summed E-state index contributed by atoms with van der Waals surface area (Å²) in [5.41, 5.74) is 3.18. The summed E-state index contributed by atoms with van der Waals surface area (Å²) in [7, 11) is 0. The van der Waals surface area contributed by atoms with E-state index in [0.717, 1.165) is 76.3 Å². The summed E-state index contributed by atoms with van der Waals surface area (Å²) in [4.78, 5) is 31.0. The molecule has 4 aromatic rings. The highest BCUT2D eigenvalue weighted by molar-refractivity contribution is 7.19. The Morgan fingerprint density at radius 1 is 1.17 bits per heavy atom. The smallest absolute Gasteiger partial charge is 0.331 e. The number of halogens is 1. The summed E-state index contributed by atoms with van der Waals surface area (Å²) >= 11 is 8.05. The average Bonchev–Trinajstić information content (AvgIpc) is 3.62. The Labute approximate surface area is 217 Å². The van der Waals surface area contributed by atoms with Crippen molar-refractivity contribution in [1.82, 2.24) is 19.4 Å². The minimum atomic E-state index is -0.287. The highest BCUT2D eigenvalue weighted by Gasteiger charge is 2.26. The maximum absolute atomic E-state index is 13.0. The van der Waals surface area contributed by atoms with Gasteiger partial charge in [-0.15, -0.1) is 11.3 Å². The van der Waals surface area contributed by atoms with Gasteiger partial charge in [0.2, 0.25) is 0 Å². The first-order chi connectivity index (χ1) is 17.5. The van der Waals surface area contributed by atoms with E-state index in [9.17, 15) is 9.59 Å². The van der Waals surface area contributed by atoms with Crippen molar-refractivity contribution < 1.29 is 4.74 Å². The molecule has 0 radical (unpaired) electrons. The van der Waals surface area contributed by atoms with Gasteiger partial charge in [0.15, 0.2) is 0 Å². The molecule has 1 saturated heterocycles. The van der Waals surface area contributed by atoms with Gasteiger partial charge in [-0.3, -0.25) is 18.9 Å². The molecule has 3 aromatic heterocycles. The van der Waals surface area contributed by atoms with E-state index in [1.807, 2.05) is 31.2 Å². The molecule has 1 saturated carbocycles. The summed E-state index contributed by atoms with van der Waals surface area (Å²) in [6.45, 7) is 4.08. The van der Waals surface area contributed by atoms with E-state index in [4.69, 9.17) is 16.3 Å². The molecule has 1 atom stereocenters. The van der Waals surface area contributed by atoms with E-state index in [-0.39, 0.29) is 29.9 Å². The van der Waals surface area contributed by atoms with Crippen molar-refractivity contribution in [3.05, 3.63) is 79.0 Å². The molecule has 0 spiro atoms. The first-order valence-corrected chi connectivity index (χ1v) is 13.5. The second-order valence-electron chi connectivity index (χ2n) is 9.63. The normalized spacial score (nSPS) is 18.0. The Kier molecular flexibility index (Phi) is 6.19. The molecule has 0 unspecified atom stereocenters. The summed E-state index contributed by atoms with van der Waals surface area (Å²) in [6.07, 6.45) is 7.56. The first kappa shape index (κ1) is 23.5. The number of aromatic nitrogens is 3. The second kappa shape index (κ2) is 9.50. The maximum atomic E-state index is 13.0. The number of piperidine rings is 1. The lowest BCUT2D eigenvalue weighted by molar-refractivity contribution is 0.167. The van der Waals surface area contributed by atoms with Crippen molar-refractivity contribution in [2.45, 2.75) is 51.3 Å². The third-order valence-corrected chi connectivity index (χ3v) is 8.24. The largest absolute Gasteiger partial charge is 0.488 e. The number of aryl methyl sites for hydroxylation is 1. The van der Waals surface area contributed by atoms with Gasteiger partial charge < -0.3 is 10.1 Å². The number of ether oxygens (including phenoxy) is 1. The van der Waals surface area contributed by atoms with Crippen molar-refractivity contribution >= 4 is 33.2 Å². The van der Waals surface area contributed by atoms with Gasteiger partial charge in [0.05, 0.1) is 16.8 Å². The molecule has 1 aromatic carbocycles. The van der Waals surface area contributed by atoms with Crippen LogP contribution in [0.5, 0.6) is 5.75 Å². The topological polar surface area (TPSA) is 78.2 Å². The molecule has 6 rings (SSSR count). The molecule has 2 aliphatic rings. The van der Waals surface area contributed by atoms with Crippen molar-refractivity contribution in [3.8, 4) is 16.9 Å². The Morgan fingerprint density at radius 2 is 2.03 bits per heavy atom. The van der Waals surface area contributed by atoms with E-state index in [1.54, 1.807) is 28.3 Å². The lowest BCUT2D eigenvalue weighted by Gasteiger charge is -2.26. The van der Waals surface area contributed by atoms with Crippen LogP contribution in [-0.4, -0.2) is 33.3 Å². The Bertz CT molecular complexity index is 1560. The van der Waals surface area contributed by atoms with E-state index in [2.05, 4.69) is 10.3 Å². The number of hydrogen-bond donors (Lipinski definition) is 1. The van der Waals surface area contributed by atoms with Crippen molar-refractivity contribution in [2.24, 2.45) is 0 Å². The van der Waals surface area contributed by atoms with Gasteiger partial charge >= 0.3 is 5.69 Å². The lowest BCUT2D eigenvalue weighted by atomic mass is 10.0. The van der Waals surface area contributed by atoms with Gasteiger partial charge in [-0.1, -0.05) is 11.6 Å². The number of nitrogens with zero attached hydrogens (tertiary/aromatic N) is 3. The van der Waals surface area contributed by atoms with Crippen LogP contribution in [0, 0.1) is 6.92 Å². The van der Waals surface area contributed by atoms with Crippen LogP contribution in [0.3, 0.4) is 0 Å². The van der Waals surface area contributed by atoms with Gasteiger partial charge in [0.25, 0.3) is 5.56 Å². The second-order valence-corrected chi connectivity index (χ2v) is 11.2. The number of nitrogens with one attached hydrogen (secondary N) is 1. The minimum Gasteiger partial charge on any atom is -0.488 e. The molecule has 9 heteroatoms. The SMILES string of the molecule is Cc1cc(Cl)cc(-c2ccnc3cc(Cn4c(=O)ccn(C5CC5)c4=O)sc23)c1O[C@H]1CCCNC1. The predicted octanol–water partition coefficient (Wildman–Crippen LogP) is 4.76. The Balaban J connectivity index is 1.41. The number of hydrogen-bond acceptors (Lipinski definition) is 6. The molecule has 36 heavy (non-hydrogen) atoms. The zero-order chi connectivity index (χ0) is 24.8. The summed E-state index contributed by atoms with van der Waals surface area (Å²) in [5.74, 6) is 0.835. The highest BCUT2D eigenvalue weighted by atomic mass is 35.5. The number of thiophene rings is 1. The minimum absolute atomic E-state index is 0.104. The Hall–Kier alpha value is -2.94. The zero-order valence-electron chi connectivity index (χ0n) is 20.0. The fourth-order valence-corrected chi connectivity index (χ4v) is 6.32. The summed E-state index contributed by atoms with van der Waals surface area (Å²) in [5, 5.41) is 4.06. The fraction of sp³-hybridized carbons (Fsp3) is 0.370. The Morgan fingerprint density at radius 3 is 2.81 bits per heavy atom. The zero-order valence-corrected chi connectivity index (χ0v) is 21.6. The standard InChI is InChI=1S/C27H27ClN4O3S/c1-16-11-17(28)12-22(25(16)35-19-3-2-8-29-14-19)21-6-9-30-23-13-20(36-26(21)23)15-32-24(33)7-10-31(27(32)34)18-4-5-18/h6-7,9-13,18-19,29H,2-5,8,14-15H2,1H3/t19-/m0/s1. The summed E-state index contributed by atoms with van der Waals surface area (Å²) < 4.78 is 10.5. The van der Waals surface area contributed by atoms with Crippen LogP contribution in [0.2, 0.25) is 5.02 Å². The van der Waals surface area contributed by atoms with Crippen LogP contribution >= 0.6 is 22.9 Å². The molecular formula is C27H27ClN4O3S. The molecule has 1 N–H and O–H groups in total. The molecule has 186 valence electrons. The number of benzene rings is 1. The number of pyridine rings is 1. The van der Waals surface area contributed by atoms with Gasteiger partial charge in [-0.05, 0) is 69.0 Å². The maximum Gasteiger partial charge on any atom is 0.331 e. The van der Waals surface area contributed by atoms with Crippen LogP contribution in [0.1, 0.15) is 42.2 Å². The van der Waals surface area contributed by atoms with Crippen LogP contribution in [0.15, 0.2) is 52.3 Å². The van der Waals surface area contributed by atoms with Crippen LogP contribution < -0.4 is 21.3 Å². The first-order valence-electron chi connectivity index (χ1n) is 12.4. The summed E-state index contributed by atoms with van der Waals surface area (Å²) in [6, 6.07) is 9.52. The molecule has 0 bridgehead atoms. The molecule has 1 aliphatic heterocycles. The average molecular weight is 523 g/mol. The predicted molar refractivity (Wildman–Crippen MR) is 144 cm³/mol. The molecule has 7 nitrogen and oxygen atoms in total. The molecule has 2 fully saturated rings.